The van der Waals surface area contributed by atoms with Crippen LogP contribution < -0.4 is 5.32 Å². The summed E-state index contributed by atoms with van der Waals surface area (Å²) in [6, 6.07) is 5.56. The fraction of sp³-hybridized carbons (Fsp3) is 0.438. The lowest BCUT2D eigenvalue weighted by molar-refractivity contribution is -0.160. The largest absolute Gasteiger partial charge is 0.480 e. The second-order valence-corrected chi connectivity index (χ2v) is 6.21. The van der Waals surface area contributed by atoms with Crippen LogP contribution in [0.15, 0.2) is 30.3 Å². The van der Waals surface area contributed by atoms with E-state index in [1.807, 2.05) is 5.32 Å². The fourth-order valence-corrected chi connectivity index (χ4v) is 2.41. The van der Waals surface area contributed by atoms with Crippen LogP contribution in [-0.2, 0) is 9.59 Å². The maximum Gasteiger partial charge on any atom is 0.391 e. The summed E-state index contributed by atoms with van der Waals surface area (Å²) in [5.74, 6) is -2.90. The molecule has 0 bridgehead atoms. The van der Waals surface area contributed by atoms with E-state index in [1.54, 1.807) is 44.2 Å². The van der Waals surface area contributed by atoms with Crippen molar-refractivity contribution >= 4 is 11.9 Å². The Morgan fingerprint density at radius 1 is 1.22 bits per heavy atom. The number of aliphatic carboxylic acids is 1. The molecule has 0 saturated carbocycles. The number of halogens is 3. The van der Waals surface area contributed by atoms with Crippen molar-refractivity contribution in [3.05, 3.63) is 30.3 Å². The molecule has 1 heterocycles. The monoisotopic (exact) mass is 385 g/mol. The van der Waals surface area contributed by atoms with Gasteiger partial charge in [-0.15, -0.1) is 10.2 Å². The van der Waals surface area contributed by atoms with E-state index in [0.717, 1.165) is 4.80 Å². The molecule has 146 valence electrons. The highest BCUT2D eigenvalue weighted by Crippen LogP contribution is 2.23. The number of nitrogens with one attached hydrogen (secondary N) is 1. The van der Waals surface area contributed by atoms with Gasteiger partial charge in [0.05, 0.1) is 6.42 Å². The highest BCUT2D eigenvalue weighted by molar-refractivity contribution is 5.86. The Bertz CT molecular complexity index is 792. The summed E-state index contributed by atoms with van der Waals surface area (Å²) in [6.07, 6.45) is -6.42. The zero-order chi connectivity index (χ0) is 20.2. The van der Waals surface area contributed by atoms with E-state index in [0.29, 0.717) is 5.56 Å². The average molecular weight is 385 g/mol. The number of alkyl halides is 3. The molecular weight excluding hydrogens is 367 g/mol. The van der Waals surface area contributed by atoms with Gasteiger partial charge in [-0.25, -0.2) is 4.79 Å². The molecule has 0 spiro atoms. The van der Waals surface area contributed by atoms with Crippen molar-refractivity contribution in [2.45, 2.75) is 38.5 Å². The molecule has 0 fully saturated rings. The summed E-state index contributed by atoms with van der Waals surface area (Å²) in [7, 11) is 0. The molecule has 2 aromatic rings. The van der Waals surface area contributed by atoms with E-state index >= 15 is 0 Å². The normalized spacial score (nSPS) is 14.0. The second kappa shape index (κ2) is 8.14. The molecule has 2 unspecified atom stereocenters. The Balaban J connectivity index is 2.23. The third-order valence-electron chi connectivity index (χ3n) is 3.66. The van der Waals surface area contributed by atoms with Crippen LogP contribution in [0.3, 0.4) is 0 Å². The molecular formula is C16H18F3N5O3. The average Bonchev–Trinajstić information content (AvgIpc) is 3.03. The molecule has 0 aliphatic carbocycles. The van der Waals surface area contributed by atoms with Gasteiger partial charge < -0.3 is 10.4 Å². The fourth-order valence-electron chi connectivity index (χ4n) is 2.41. The van der Waals surface area contributed by atoms with Crippen molar-refractivity contribution < 1.29 is 27.9 Å². The van der Waals surface area contributed by atoms with Gasteiger partial charge in [0, 0.05) is 5.56 Å². The van der Waals surface area contributed by atoms with Gasteiger partial charge in [0.1, 0.15) is 6.04 Å². The minimum atomic E-state index is -4.74. The third-order valence-corrected chi connectivity index (χ3v) is 3.66. The van der Waals surface area contributed by atoms with E-state index < -0.39 is 42.5 Å². The van der Waals surface area contributed by atoms with Crippen LogP contribution in [0.5, 0.6) is 0 Å². The Kier molecular flexibility index (Phi) is 6.13. The zero-order valence-electron chi connectivity index (χ0n) is 14.5. The number of benzene rings is 1. The first-order valence-corrected chi connectivity index (χ1v) is 8.03. The smallest absolute Gasteiger partial charge is 0.391 e. The SMILES string of the molecule is CC(C)C(C(=O)NC(CC(F)(F)F)C(=O)O)n1nnc(-c2ccccc2)n1. The summed E-state index contributed by atoms with van der Waals surface area (Å²) < 4.78 is 37.6. The molecule has 8 nitrogen and oxygen atoms in total. The number of carboxylic acid groups (broad SMARTS) is 1. The van der Waals surface area contributed by atoms with Crippen LogP contribution in [0.1, 0.15) is 26.3 Å². The van der Waals surface area contributed by atoms with Gasteiger partial charge in [0.25, 0.3) is 0 Å². The Hall–Kier alpha value is -2.98. The molecule has 0 aliphatic heterocycles. The number of aromatic nitrogens is 4. The van der Waals surface area contributed by atoms with Crippen LogP contribution in [0, 0.1) is 5.92 Å². The summed E-state index contributed by atoms with van der Waals surface area (Å²) in [4.78, 5) is 24.5. The van der Waals surface area contributed by atoms with E-state index in [9.17, 15) is 22.8 Å². The van der Waals surface area contributed by atoms with Gasteiger partial charge in [0.2, 0.25) is 11.7 Å². The molecule has 2 rings (SSSR count). The lowest BCUT2D eigenvalue weighted by Crippen LogP contribution is -2.47. The predicted molar refractivity (Wildman–Crippen MR) is 87.4 cm³/mol. The van der Waals surface area contributed by atoms with Crippen molar-refractivity contribution in [1.82, 2.24) is 25.5 Å². The number of amides is 1. The summed E-state index contributed by atoms with van der Waals surface area (Å²) >= 11 is 0. The third kappa shape index (κ3) is 5.50. The first-order valence-electron chi connectivity index (χ1n) is 8.03. The lowest BCUT2D eigenvalue weighted by atomic mass is 10.0. The maximum absolute atomic E-state index is 12.5. The standard InChI is InChI=1S/C16H18F3N5O3/c1-9(2)12(14(25)20-11(15(26)27)8-16(17,18)19)24-22-13(21-23-24)10-6-4-3-5-7-10/h3-7,9,11-12H,8H2,1-2H3,(H,20,25)(H,26,27). The van der Waals surface area contributed by atoms with Gasteiger partial charge in [-0.1, -0.05) is 44.2 Å². The number of tetrazole rings is 1. The van der Waals surface area contributed by atoms with E-state index in [4.69, 9.17) is 5.11 Å². The summed E-state index contributed by atoms with van der Waals surface area (Å²) in [6.45, 7) is 3.27. The number of nitrogens with zero attached hydrogens (tertiary/aromatic N) is 4. The van der Waals surface area contributed by atoms with Crippen LogP contribution >= 0.6 is 0 Å². The molecule has 0 radical (unpaired) electrons. The Morgan fingerprint density at radius 3 is 2.37 bits per heavy atom. The zero-order valence-corrected chi connectivity index (χ0v) is 14.5. The minimum absolute atomic E-state index is 0.235. The van der Waals surface area contributed by atoms with Crippen molar-refractivity contribution in [1.29, 1.82) is 0 Å². The van der Waals surface area contributed by atoms with Gasteiger partial charge in [-0.05, 0) is 11.1 Å². The summed E-state index contributed by atoms with van der Waals surface area (Å²) in [5.41, 5.74) is 0.646. The number of carbonyl (C=O) groups is 2. The number of carboxylic acids is 1. The highest BCUT2D eigenvalue weighted by atomic mass is 19.4. The molecule has 27 heavy (non-hydrogen) atoms. The Labute approximate surface area is 152 Å². The van der Waals surface area contributed by atoms with Gasteiger partial charge in [-0.2, -0.15) is 18.0 Å². The minimum Gasteiger partial charge on any atom is -0.480 e. The van der Waals surface area contributed by atoms with E-state index in [2.05, 4.69) is 15.4 Å². The molecule has 2 atom stereocenters. The number of hydrogen-bond donors (Lipinski definition) is 2. The number of carbonyl (C=O) groups excluding carboxylic acids is 1. The topological polar surface area (TPSA) is 110 Å². The van der Waals surface area contributed by atoms with E-state index in [1.165, 1.54) is 0 Å². The van der Waals surface area contributed by atoms with E-state index in [-0.39, 0.29) is 5.82 Å². The quantitative estimate of drug-likeness (QED) is 0.755. The second-order valence-electron chi connectivity index (χ2n) is 6.21. The van der Waals surface area contributed by atoms with Crippen molar-refractivity contribution in [2.24, 2.45) is 5.92 Å². The van der Waals surface area contributed by atoms with Gasteiger partial charge in [0.15, 0.2) is 6.04 Å². The molecule has 0 saturated heterocycles. The van der Waals surface area contributed by atoms with Crippen molar-refractivity contribution in [3.8, 4) is 11.4 Å². The van der Waals surface area contributed by atoms with Crippen molar-refractivity contribution in [3.63, 3.8) is 0 Å². The molecule has 1 aromatic heterocycles. The number of rotatable bonds is 7. The van der Waals surface area contributed by atoms with Crippen LogP contribution in [0.2, 0.25) is 0 Å². The molecule has 0 aliphatic rings. The van der Waals surface area contributed by atoms with Gasteiger partial charge in [-0.3, -0.25) is 4.79 Å². The highest BCUT2D eigenvalue weighted by Gasteiger charge is 2.38. The first kappa shape index (κ1) is 20.3. The molecule has 11 heteroatoms. The summed E-state index contributed by atoms with van der Waals surface area (Å²) in [5, 5.41) is 22.7. The lowest BCUT2D eigenvalue weighted by Gasteiger charge is -2.22. The van der Waals surface area contributed by atoms with Crippen molar-refractivity contribution in [2.75, 3.05) is 0 Å². The predicted octanol–water partition coefficient (Wildman–Crippen LogP) is 2.06. The Morgan fingerprint density at radius 2 is 1.85 bits per heavy atom. The first-order chi connectivity index (χ1) is 12.6. The number of hydrogen-bond acceptors (Lipinski definition) is 5. The van der Waals surface area contributed by atoms with Crippen LogP contribution in [-0.4, -0.2) is 49.4 Å². The molecule has 1 amide bonds. The maximum atomic E-state index is 12.5. The van der Waals surface area contributed by atoms with Gasteiger partial charge >= 0.3 is 12.1 Å². The molecule has 2 N–H and O–H groups in total. The molecule has 1 aromatic carbocycles. The van der Waals surface area contributed by atoms with Crippen LogP contribution in [0.25, 0.3) is 11.4 Å². The van der Waals surface area contributed by atoms with Crippen LogP contribution in [0.4, 0.5) is 13.2 Å².